The molecule has 1 fully saturated rings. The van der Waals surface area contributed by atoms with Crippen LogP contribution in [-0.2, 0) is 9.53 Å². The van der Waals surface area contributed by atoms with Crippen LogP contribution in [0.3, 0.4) is 0 Å². The Balaban J connectivity index is 2.17. The summed E-state index contributed by atoms with van der Waals surface area (Å²) in [4.78, 5) is 25.8. The highest BCUT2D eigenvalue weighted by Crippen LogP contribution is 2.01. The van der Waals surface area contributed by atoms with Crippen molar-refractivity contribution in [3.8, 4) is 0 Å². The average Bonchev–Trinajstić information content (AvgIpc) is 2.34. The molecule has 0 saturated carbocycles. The first-order valence-electron chi connectivity index (χ1n) is 6.18. The number of carboxylic acid groups (broad SMARTS) is 1. The Morgan fingerprint density at radius 1 is 1.28 bits per heavy atom. The molecular formula is C11H21N3O4. The molecule has 0 spiro atoms. The maximum Gasteiger partial charge on any atom is 0.317 e. The molecule has 7 heteroatoms. The molecule has 2 N–H and O–H groups in total. The summed E-state index contributed by atoms with van der Waals surface area (Å²) in [5.74, 6) is -0.829. The van der Waals surface area contributed by atoms with Gasteiger partial charge in [0.15, 0.2) is 0 Å². The zero-order valence-electron chi connectivity index (χ0n) is 10.7. The van der Waals surface area contributed by atoms with Gasteiger partial charge in [0.05, 0.1) is 13.2 Å². The number of hydrogen-bond donors (Lipinski definition) is 2. The van der Waals surface area contributed by atoms with Crippen molar-refractivity contribution in [3.63, 3.8) is 0 Å². The molecule has 2 amide bonds. The van der Waals surface area contributed by atoms with Crippen LogP contribution in [-0.4, -0.2) is 79.4 Å². The number of rotatable bonds is 6. The highest BCUT2D eigenvalue weighted by atomic mass is 16.5. The van der Waals surface area contributed by atoms with Crippen LogP contribution in [0.25, 0.3) is 0 Å². The molecule has 0 aromatic rings. The summed E-state index contributed by atoms with van der Waals surface area (Å²) in [6, 6.07) is -0.107. The maximum absolute atomic E-state index is 11.7. The zero-order valence-corrected chi connectivity index (χ0v) is 10.7. The van der Waals surface area contributed by atoms with Gasteiger partial charge < -0.3 is 20.1 Å². The minimum absolute atomic E-state index is 0.0415. The molecule has 1 aliphatic rings. The summed E-state index contributed by atoms with van der Waals surface area (Å²) in [5, 5.41) is 11.4. The lowest BCUT2D eigenvalue weighted by atomic mass is 10.3. The molecule has 104 valence electrons. The zero-order chi connectivity index (χ0) is 13.4. The highest BCUT2D eigenvalue weighted by Gasteiger charge is 2.21. The lowest BCUT2D eigenvalue weighted by Gasteiger charge is -2.33. The number of ether oxygens (including phenoxy) is 1. The van der Waals surface area contributed by atoms with Crippen molar-refractivity contribution in [2.45, 2.75) is 6.92 Å². The molecular weight excluding hydrogens is 238 g/mol. The quantitative estimate of drug-likeness (QED) is 0.625. The van der Waals surface area contributed by atoms with Crippen LogP contribution in [0.4, 0.5) is 4.79 Å². The van der Waals surface area contributed by atoms with Gasteiger partial charge in [0.25, 0.3) is 0 Å². The summed E-state index contributed by atoms with van der Waals surface area (Å²) >= 11 is 0. The van der Waals surface area contributed by atoms with E-state index in [0.29, 0.717) is 45.9 Å². The lowest BCUT2D eigenvalue weighted by Crippen LogP contribution is -2.52. The number of nitrogens with one attached hydrogen (secondary N) is 1. The van der Waals surface area contributed by atoms with Crippen LogP contribution in [0.5, 0.6) is 0 Å². The fourth-order valence-corrected chi connectivity index (χ4v) is 1.79. The number of aliphatic carboxylic acids is 1. The van der Waals surface area contributed by atoms with E-state index in [2.05, 4.69) is 5.32 Å². The molecule has 18 heavy (non-hydrogen) atoms. The molecule has 1 aliphatic heterocycles. The topological polar surface area (TPSA) is 82.1 Å². The second kappa shape index (κ2) is 7.88. The Kier molecular flexibility index (Phi) is 6.45. The van der Waals surface area contributed by atoms with Gasteiger partial charge >= 0.3 is 12.0 Å². The van der Waals surface area contributed by atoms with Crippen LogP contribution in [0.1, 0.15) is 6.92 Å². The molecule has 0 aliphatic carbocycles. The van der Waals surface area contributed by atoms with E-state index < -0.39 is 5.97 Å². The van der Waals surface area contributed by atoms with Crippen LogP contribution in [0.2, 0.25) is 0 Å². The first-order chi connectivity index (χ1) is 8.63. The second-order valence-electron chi connectivity index (χ2n) is 4.09. The standard InChI is InChI=1S/C11H21N3O4/c1-2-18-8-3-12-11(17)14-6-4-13(5-7-14)9-10(15)16/h2-9H2,1H3,(H,12,17)(H,15,16). The van der Waals surface area contributed by atoms with Gasteiger partial charge in [-0.25, -0.2) is 4.79 Å². The number of nitrogens with zero attached hydrogens (tertiary/aromatic N) is 2. The van der Waals surface area contributed by atoms with Crippen LogP contribution in [0.15, 0.2) is 0 Å². The molecule has 0 bridgehead atoms. The van der Waals surface area contributed by atoms with E-state index in [1.54, 1.807) is 4.90 Å². The van der Waals surface area contributed by atoms with Crippen LogP contribution in [0, 0.1) is 0 Å². The average molecular weight is 259 g/mol. The SMILES string of the molecule is CCOCCNC(=O)N1CCN(CC(=O)O)CC1. The number of piperazine rings is 1. The molecule has 0 radical (unpaired) electrons. The van der Waals surface area contributed by atoms with Crippen LogP contribution >= 0.6 is 0 Å². The Hall–Kier alpha value is -1.34. The molecule has 1 rings (SSSR count). The number of carboxylic acids is 1. The monoisotopic (exact) mass is 259 g/mol. The third-order valence-corrected chi connectivity index (χ3v) is 2.75. The molecule has 0 unspecified atom stereocenters. The van der Waals surface area contributed by atoms with Gasteiger partial charge in [-0.15, -0.1) is 0 Å². The van der Waals surface area contributed by atoms with Crippen molar-refractivity contribution in [1.29, 1.82) is 0 Å². The first kappa shape index (κ1) is 14.7. The Morgan fingerprint density at radius 2 is 1.94 bits per heavy atom. The third kappa shape index (κ3) is 5.33. The highest BCUT2D eigenvalue weighted by molar-refractivity contribution is 5.74. The van der Waals surface area contributed by atoms with E-state index in [1.165, 1.54) is 0 Å². The normalized spacial score (nSPS) is 16.6. The number of carbonyl (C=O) groups excluding carboxylic acids is 1. The van der Waals surface area contributed by atoms with Gasteiger partial charge in [0, 0.05) is 39.3 Å². The molecule has 1 saturated heterocycles. The van der Waals surface area contributed by atoms with Crippen LogP contribution < -0.4 is 5.32 Å². The van der Waals surface area contributed by atoms with E-state index in [1.807, 2.05) is 11.8 Å². The summed E-state index contributed by atoms with van der Waals surface area (Å²) in [6.45, 7) is 5.94. The molecule has 0 aromatic heterocycles. The van der Waals surface area contributed by atoms with E-state index >= 15 is 0 Å². The summed E-state index contributed by atoms with van der Waals surface area (Å²) in [7, 11) is 0. The lowest BCUT2D eigenvalue weighted by molar-refractivity contribution is -0.138. The van der Waals surface area contributed by atoms with Crippen molar-refractivity contribution in [1.82, 2.24) is 15.1 Å². The van der Waals surface area contributed by atoms with E-state index in [4.69, 9.17) is 9.84 Å². The van der Waals surface area contributed by atoms with Crippen molar-refractivity contribution in [2.75, 3.05) is 52.5 Å². The fraction of sp³-hybridized carbons (Fsp3) is 0.818. The van der Waals surface area contributed by atoms with Gasteiger partial charge in [-0.2, -0.15) is 0 Å². The molecule has 0 aromatic carbocycles. The number of amides is 2. The maximum atomic E-state index is 11.7. The fourth-order valence-electron chi connectivity index (χ4n) is 1.79. The minimum atomic E-state index is -0.829. The summed E-state index contributed by atoms with van der Waals surface area (Å²) in [5.41, 5.74) is 0. The van der Waals surface area contributed by atoms with Gasteiger partial charge in [-0.05, 0) is 6.92 Å². The summed E-state index contributed by atoms with van der Waals surface area (Å²) in [6.07, 6.45) is 0. The third-order valence-electron chi connectivity index (χ3n) is 2.75. The Morgan fingerprint density at radius 3 is 2.50 bits per heavy atom. The first-order valence-corrected chi connectivity index (χ1v) is 6.18. The predicted octanol–water partition coefficient (Wildman–Crippen LogP) is -0.565. The van der Waals surface area contributed by atoms with Gasteiger partial charge in [-0.1, -0.05) is 0 Å². The largest absolute Gasteiger partial charge is 0.480 e. The van der Waals surface area contributed by atoms with Crippen molar-refractivity contribution < 1.29 is 19.4 Å². The van der Waals surface area contributed by atoms with Crippen molar-refractivity contribution in [2.24, 2.45) is 0 Å². The number of carbonyl (C=O) groups is 2. The number of hydrogen-bond acceptors (Lipinski definition) is 4. The second-order valence-corrected chi connectivity index (χ2v) is 4.09. The Labute approximate surface area is 107 Å². The van der Waals surface area contributed by atoms with Crippen molar-refractivity contribution >= 4 is 12.0 Å². The molecule has 1 heterocycles. The van der Waals surface area contributed by atoms with Crippen molar-refractivity contribution in [3.05, 3.63) is 0 Å². The predicted molar refractivity (Wildman–Crippen MR) is 65.5 cm³/mol. The van der Waals surface area contributed by atoms with Gasteiger partial charge in [0.1, 0.15) is 0 Å². The molecule has 0 atom stereocenters. The molecule has 7 nitrogen and oxygen atoms in total. The Bertz CT molecular complexity index is 277. The van der Waals surface area contributed by atoms with Gasteiger partial charge in [0.2, 0.25) is 0 Å². The minimum Gasteiger partial charge on any atom is -0.480 e. The van der Waals surface area contributed by atoms with E-state index in [0.717, 1.165) is 0 Å². The van der Waals surface area contributed by atoms with E-state index in [-0.39, 0.29) is 12.6 Å². The van der Waals surface area contributed by atoms with Gasteiger partial charge in [-0.3, -0.25) is 9.69 Å². The van der Waals surface area contributed by atoms with E-state index in [9.17, 15) is 9.59 Å². The number of urea groups is 1. The summed E-state index contributed by atoms with van der Waals surface area (Å²) < 4.78 is 5.13. The smallest absolute Gasteiger partial charge is 0.317 e.